The van der Waals surface area contributed by atoms with Crippen molar-refractivity contribution in [2.75, 3.05) is 6.61 Å². The lowest BCUT2D eigenvalue weighted by molar-refractivity contribution is -0.425. The first kappa shape index (κ1) is 12.2. The molecule has 0 heterocycles. The third-order valence-corrected chi connectivity index (χ3v) is 2.59. The standard InChI is InChI=1S/C11H14BrNO2/c1-2-15-11(14)7-10(13)8-3-5-9(12)6-4-8/h3-6,10H,2,7,13H2,1H3/p+1/t10-/m1/s1. The van der Waals surface area contributed by atoms with Crippen LogP contribution in [0.25, 0.3) is 0 Å². The van der Waals surface area contributed by atoms with Crippen molar-refractivity contribution in [3.05, 3.63) is 34.3 Å². The summed E-state index contributed by atoms with van der Waals surface area (Å²) in [7, 11) is 0. The minimum atomic E-state index is -0.194. The Morgan fingerprint density at radius 1 is 1.47 bits per heavy atom. The molecule has 15 heavy (non-hydrogen) atoms. The van der Waals surface area contributed by atoms with E-state index >= 15 is 0 Å². The molecule has 0 aliphatic rings. The van der Waals surface area contributed by atoms with Gasteiger partial charge in [-0.05, 0) is 19.1 Å². The number of hydrogen-bond acceptors (Lipinski definition) is 2. The molecular formula is C11H15BrNO2+. The van der Waals surface area contributed by atoms with Crippen molar-refractivity contribution in [3.8, 4) is 0 Å². The number of esters is 1. The fourth-order valence-corrected chi connectivity index (χ4v) is 1.54. The Labute approximate surface area is 97.7 Å². The Balaban J connectivity index is 2.57. The highest BCUT2D eigenvalue weighted by Crippen LogP contribution is 2.16. The second-order valence-corrected chi connectivity index (χ2v) is 4.17. The highest BCUT2D eigenvalue weighted by molar-refractivity contribution is 9.10. The molecule has 82 valence electrons. The van der Waals surface area contributed by atoms with E-state index in [4.69, 9.17) is 4.74 Å². The maximum atomic E-state index is 11.2. The van der Waals surface area contributed by atoms with Gasteiger partial charge in [0.15, 0.2) is 0 Å². The van der Waals surface area contributed by atoms with E-state index in [0.717, 1.165) is 10.0 Å². The van der Waals surface area contributed by atoms with E-state index in [-0.39, 0.29) is 12.0 Å². The second-order valence-electron chi connectivity index (χ2n) is 3.26. The fourth-order valence-electron chi connectivity index (χ4n) is 1.27. The molecule has 0 aromatic heterocycles. The number of carbonyl (C=O) groups is 1. The van der Waals surface area contributed by atoms with E-state index < -0.39 is 0 Å². The number of quaternary nitrogens is 1. The average molecular weight is 273 g/mol. The topological polar surface area (TPSA) is 53.9 Å². The first-order valence-electron chi connectivity index (χ1n) is 4.87. The first-order chi connectivity index (χ1) is 7.13. The zero-order chi connectivity index (χ0) is 11.3. The number of halogens is 1. The van der Waals surface area contributed by atoms with Gasteiger partial charge in [-0.15, -0.1) is 0 Å². The summed E-state index contributed by atoms with van der Waals surface area (Å²) in [4.78, 5) is 11.2. The van der Waals surface area contributed by atoms with Crippen LogP contribution in [-0.2, 0) is 9.53 Å². The van der Waals surface area contributed by atoms with E-state index in [2.05, 4.69) is 21.7 Å². The lowest BCUT2D eigenvalue weighted by atomic mass is 10.1. The van der Waals surface area contributed by atoms with Crippen LogP contribution in [0, 0.1) is 0 Å². The summed E-state index contributed by atoms with van der Waals surface area (Å²) >= 11 is 3.36. The van der Waals surface area contributed by atoms with Gasteiger partial charge in [0.2, 0.25) is 0 Å². The van der Waals surface area contributed by atoms with Gasteiger partial charge in [0.05, 0.1) is 6.61 Å². The van der Waals surface area contributed by atoms with Crippen LogP contribution in [0.15, 0.2) is 28.7 Å². The third kappa shape index (κ3) is 4.01. The van der Waals surface area contributed by atoms with Gasteiger partial charge in [-0.3, -0.25) is 4.79 Å². The molecule has 0 fully saturated rings. The molecule has 0 radical (unpaired) electrons. The van der Waals surface area contributed by atoms with Crippen LogP contribution in [0.3, 0.4) is 0 Å². The second kappa shape index (κ2) is 5.88. The summed E-state index contributed by atoms with van der Waals surface area (Å²) < 4.78 is 5.89. The molecule has 1 aromatic rings. The van der Waals surface area contributed by atoms with Gasteiger partial charge in [-0.25, -0.2) is 0 Å². The van der Waals surface area contributed by atoms with E-state index in [1.807, 2.05) is 24.3 Å². The summed E-state index contributed by atoms with van der Waals surface area (Å²) in [6.07, 6.45) is 0.329. The molecule has 4 heteroatoms. The Hall–Kier alpha value is -0.870. The minimum Gasteiger partial charge on any atom is -0.466 e. The molecule has 0 saturated carbocycles. The summed E-state index contributed by atoms with van der Waals surface area (Å²) in [5.74, 6) is -0.194. The molecule has 0 aliphatic heterocycles. The van der Waals surface area contributed by atoms with Crippen molar-refractivity contribution < 1.29 is 15.3 Å². The molecule has 1 aromatic carbocycles. The number of ether oxygens (including phenoxy) is 1. The first-order valence-corrected chi connectivity index (χ1v) is 5.67. The zero-order valence-corrected chi connectivity index (χ0v) is 10.3. The molecule has 0 bridgehead atoms. The number of rotatable bonds is 4. The smallest absolute Gasteiger partial charge is 0.312 e. The molecule has 1 atom stereocenters. The highest BCUT2D eigenvalue weighted by Gasteiger charge is 2.15. The van der Waals surface area contributed by atoms with Crippen molar-refractivity contribution in [1.82, 2.24) is 0 Å². The van der Waals surface area contributed by atoms with Crippen LogP contribution in [0.2, 0.25) is 0 Å². The molecule has 1 rings (SSSR count). The van der Waals surface area contributed by atoms with E-state index in [9.17, 15) is 4.79 Å². The van der Waals surface area contributed by atoms with Crippen molar-refractivity contribution in [2.45, 2.75) is 19.4 Å². The van der Waals surface area contributed by atoms with Crippen molar-refractivity contribution >= 4 is 21.9 Å². The molecule has 0 spiro atoms. The molecule has 3 nitrogen and oxygen atoms in total. The van der Waals surface area contributed by atoms with Crippen LogP contribution in [0.4, 0.5) is 0 Å². The lowest BCUT2D eigenvalue weighted by Crippen LogP contribution is -2.54. The summed E-state index contributed by atoms with van der Waals surface area (Å²) in [6.45, 7) is 2.22. The summed E-state index contributed by atoms with van der Waals surface area (Å²) in [5, 5.41) is 0. The Kier molecular flexibility index (Phi) is 4.78. The Morgan fingerprint density at radius 3 is 2.60 bits per heavy atom. The van der Waals surface area contributed by atoms with E-state index in [1.165, 1.54) is 0 Å². The van der Waals surface area contributed by atoms with Gasteiger partial charge in [0.25, 0.3) is 0 Å². The van der Waals surface area contributed by atoms with Gasteiger partial charge in [0.1, 0.15) is 12.5 Å². The number of hydrogen-bond donors (Lipinski definition) is 1. The Morgan fingerprint density at radius 2 is 2.07 bits per heavy atom. The molecule has 3 N–H and O–H groups in total. The van der Waals surface area contributed by atoms with Crippen molar-refractivity contribution in [3.63, 3.8) is 0 Å². The summed E-state index contributed by atoms with van der Waals surface area (Å²) in [5.41, 5.74) is 4.99. The third-order valence-electron chi connectivity index (χ3n) is 2.06. The summed E-state index contributed by atoms with van der Waals surface area (Å²) in [6, 6.07) is 7.76. The van der Waals surface area contributed by atoms with Gasteiger partial charge in [-0.1, -0.05) is 28.1 Å². The van der Waals surface area contributed by atoms with Gasteiger partial charge in [0, 0.05) is 10.0 Å². The van der Waals surface area contributed by atoms with E-state index in [1.54, 1.807) is 6.92 Å². The SMILES string of the molecule is CCOC(=O)C[C@@H]([NH3+])c1ccc(Br)cc1. The lowest BCUT2D eigenvalue weighted by Gasteiger charge is -2.08. The van der Waals surface area contributed by atoms with Gasteiger partial charge >= 0.3 is 5.97 Å². The number of benzene rings is 1. The van der Waals surface area contributed by atoms with Crippen LogP contribution in [-0.4, -0.2) is 12.6 Å². The molecule has 0 aliphatic carbocycles. The van der Waals surface area contributed by atoms with Crippen LogP contribution in [0.5, 0.6) is 0 Å². The minimum absolute atomic E-state index is 0.0443. The van der Waals surface area contributed by atoms with Crippen LogP contribution < -0.4 is 5.73 Å². The molecule has 0 amide bonds. The predicted molar refractivity (Wildman–Crippen MR) is 61.0 cm³/mol. The quantitative estimate of drug-likeness (QED) is 0.849. The highest BCUT2D eigenvalue weighted by atomic mass is 79.9. The fraction of sp³-hybridized carbons (Fsp3) is 0.364. The molecule has 0 unspecified atom stereocenters. The van der Waals surface area contributed by atoms with Crippen LogP contribution in [0.1, 0.15) is 24.9 Å². The maximum absolute atomic E-state index is 11.2. The van der Waals surface area contributed by atoms with Crippen molar-refractivity contribution in [1.29, 1.82) is 0 Å². The van der Waals surface area contributed by atoms with Crippen molar-refractivity contribution in [2.24, 2.45) is 0 Å². The maximum Gasteiger partial charge on any atom is 0.312 e. The van der Waals surface area contributed by atoms with Gasteiger partial charge < -0.3 is 10.5 Å². The average Bonchev–Trinajstić information content (AvgIpc) is 2.18. The normalized spacial score (nSPS) is 12.2. The Bertz CT molecular complexity index is 324. The van der Waals surface area contributed by atoms with Gasteiger partial charge in [-0.2, -0.15) is 0 Å². The predicted octanol–water partition coefficient (Wildman–Crippen LogP) is 1.69. The zero-order valence-electron chi connectivity index (χ0n) is 8.70. The monoisotopic (exact) mass is 272 g/mol. The molecule has 0 saturated heterocycles. The molecular weight excluding hydrogens is 258 g/mol. The number of carbonyl (C=O) groups excluding carboxylic acids is 1. The van der Waals surface area contributed by atoms with E-state index in [0.29, 0.717) is 13.0 Å². The largest absolute Gasteiger partial charge is 0.466 e. The van der Waals surface area contributed by atoms with Crippen LogP contribution >= 0.6 is 15.9 Å².